The van der Waals surface area contributed by atoms with Gasteiger partial charge in [0.2, 0.25) is 0 Å². The van der Waals surface area contributed by atoms with Crippen LogP contribution in [-0.4, -0.2) is 13.6 Å². The van der Waals surface area contributed by atoms with E-state index in [0.29, 0.717) is 0 Å². The SMILES string of the molecule is CN(CC1CC2CCC1C2)c1c(Cl)cccc1CBr. The van der Waals surface area contributed by atoms with Crippen LogP contribution in [0.3, 0.4) is 0 Å². The van der Waals surface area contributed by atoms with Crippen LogP contribution in [0.1, 0.15) is 31.2 Å². The molecule has 104 valence electrons. The molecule has 2 fully saturated rings. The number of alkyl halides is 1. The topological polar surface area (TPSA) is 3.24 Å². The highest BCUT2D eigenvalue weighted by molar-refractivity contribution is 9.08. The molecule has 1 aromatic carbocycles. The summed E-state index contributed by atoms with van der Waals surface area (Å²) in [5, 5.41) is 1.74. The molecule has 1 aromatic rings. The summed E-state index contributed by atoms with van der Waals surface area (Å²) in [5.74, 6) is 2.87. The van der Waals surface area contributed by atoms with Gasteiger partial charge in [0.05, 0.1) is 10.7 Å². The van der Waals surface area contributed by atoms with Crippen LogP contribution in [0.5, 0.6) is 0 Å². The van der Waals surface area contributed by atoms with Crippen molar-refractivity contribution < 1.29 is 0 Å². The van der Waals surface area contributed by atoms with E-state index in [-0.39, 0.29) is 0 Å². The molecule has 0 radical (unpaired) electrons. The van der Waals surface area contributed by atoms with Crippen molar-refractivity contribution >= 4 is 33.2 Å². The van der Waals surface area contributed by atoms with Crippen molar-refractivity contribution in [2.75, 3.05) is 18.5 Å². The van der Waals surface area contributed by atoms with Crippen LogP contribution in [0.4, 0.5) is 5.69 Å². The van der Waals surface area contributed by atoms with Gasteiger partial charge in [0.15, 0.2) is 0 Å². The van der Waals surface area contributed by atoms with Gasteiger partial charge >= 0.3 is 0 Å². The van der Waals surface area contributed by atoms with Crippen LogP contribution in [0.2, 0.25) is 5.02 Å². The van der Waals surface area contributed by atoms with E-state index in [0.717, 1.165) is 34.7 Å². The number of benzene rings is 1. The van der Waals surface area contributed by atoms with Crippen molar-refractivity contribution in [1.82, 2.24) is 0 Å². The first kappa shape index (κ1) is 13.8. The van der Waals surface area contributed by atoms with Gasteiger partial charge in [0, 0.05) is 18.9 Å². The number of rotatable bonds is 4. The fourth-order valence-electron chi connectivity index (χ4n) is 4.14. The van der Waals surface area contributed by atoms with Crippen molar-refractivity contribution in [2.45, 2.75) is 31.0 Å². The lowest BCUT2D eigenvalue weighted by Crippen LogP contribution is -2.29. The third-order valence-electron chi connectivity index (χ3n) is 4.99. The summed E-state index contributed by atoms with van der Waals surface area (Å²) >= 11 is 9.98. The molecule has 0 N–H and O–H groups in total. The van der Waals surface area contributed by atoms with Crippen molar-refractivity contribution in [3.8, 4) is 0 Å². The number of anilines is 1. The molecule has 2 saturated carbocycles. The molecule has 0 spiro atoms. The van der Waals surface area contributed by atoms with E-state index in [4.69, 9.17) is 11.6 Å². The van der Waals surface area contributed by atoms with Gasteiger partial charge in [-0.05, 0) is 48.6 Å². The molecule has 0 aliphatic heterocycles. The maximum Gasteiger partial charge on any atom is 0.0642 e. The standard InChI is InChI=1S/C16H21BrClN/c1-19(10-14-8-11-5-6-12(14)7-11)16-13(9-17)3-2-4-15(16)18/h2-4,11-12,14H,5-10H2,1H3. The van der Waals surface area contributed by atoms with Crippen LogP contribution in [0.25, 0.3) is 0 Å². The number of nitrogens with zero attached hydrogens (tertiary/aromatic N) is 1. The van der Waals surface area contributed by atoms with Crippen LogP contribution >= 0.6 is 27.5 Å². The lowest BCUT2D eigenvalue weighted by atomic mass is 9.88. The van der Waals surface area contributed by atoms with E-state index < -0.39 is 0 Å². The second-order valence-electron chi connectivity index (χ2n) is 6.20. The predicted molar refractivity (Wildman–Crippen MR) is 86.3 cm³/mol. The molecule has 19 heavy (non-hydrogen) atoms. The van der Waals surface area contributed by atoms with Gasteiger partial charge < -0.3 is 4.90 Å². The average molecular weight is 343 g/mol. The largest absolute Gasteiger partial charge is 0.373 e. The Morgan fingerprint density at radius 2 is 2.16 bits per heavy atom. The molecule has 2 bridgehead atoms. The molecule has 0 heterocycles. The van der Waals surface area contributed by atoms with Crippen molar-refractivity contribution in [2.24, 2.45) is 17.8 Å². The average Bonchev–Trinajstić information content (AvgIpc) is 3.00. The molecule has 3 heteroatoms. The number of fused-ring (bicyclic) bond motifs is 2. The molecule has 2 aliphatic carbocycles. The lowest BCUT2D eigenvalue weighted by molar-refractivity contribution is 0.337. The quantitative estimate of drug-likeness (QED) is 0.687. The maximum absolute atomic E-state index is 6.41. The van der Waals surface area contributed by atoms with Crippen molar-refractivity contribution in [3.05, 3.63) is 28.8 Å². The highest BCUT2D eigenvalue weighted by Crippen LogP contribution is 2.48. The lowest BCUT2D eigenvalue weighted by Gasteiger charge is -2.30. The second-order valence-corrected chi connectivity index (χ2v) is 7.16. The Bertz CT molecular complexity index is 462. The first-order valence-electron chi connectivity index (χ1n) is 7.23. The van der Waals surface area contributed by atoms with E-state index in [1.165, 1.54) is 36.9 Å². The van der Waals surface area contributed by atoms with Gasteiger partial charge in [-0.25, -0.2) is 0 Å². The van der Waals surface area contributed by atoms with Crippen LogP contribution in [0.15, 0.2) is 18.2 Å². The van der Waals surface area contributed by atoms with Gasteiger partial charge in [-0.3, -0.25) is 0 Å². The van der Waals surface area contributed by atoms with Gasteiger partial charge in [-0.15, -0.1) is 0 Å². The van der Waals surface area contributed by atoms with Crippen molar-refractivity contribution in [3.63, 3.8) is 0 Å². The summed E-state index contributed by atoms with van der Waals surface area (Å²) in [6.45, 7) is 1.16. The number of halogens is 2. The van der Waals surface area contributed by atoms with E-state index in [1.54, 1.807) is 0 Å². The smallest absolute Gasteiger partial charge is 0.0642 e. The zero-order valence-corrected chi connectivity index (χ0v) is 13.8. The minimum atomic E-state index is 0.865. The third-order valence-corrected chi connectivity index (χ3v) is 5.90. The molecule has 0 saturated heterocycles. The summed E-state index contributed by atoms with van der Waals surface area (Å²) in [5.41, 5.74) is 2.50. The first-order valence-corrected chi connectivity index (χ1v) is 8.73. The highest BCUT2D eigenvalue weighted by Gasteiger charge is 2.39. The van der Waals surface area contributed by atoms with Crippen LogP contribution < -0.4 is 4.90 Å². The van der Waals surface area contributed by atoms with E-state index >= 15 is 0 Å². The monoisotopic (exact) mass is 341 g/mol. The van der Waals surface area contributed by atoms with Gasteiger partial charge in [0.25, 0.3) is 0 Å². The fraction of sp³-hybridized carbons (Fsp3) is 0.625. The summed E-state index contributed by atoms with van der Waals surface area (Å²) in [6, 6.07) is 6.20. The number of hydrogen-bond acceptors (Lipinski definition) is 1. The van der Waals surface area contributed by atoms with Crippen LogP contribution in [-0.2, 0) is 5.33 Å². The highest BCUT2D eigenvalue weighted by atomic mass is 79.9. The Hall–Kier alpha value is -0.210. The van der Waals surface area contributed by atoms with Gasteiger partial charge in [-0.1, -0.05) is 46.1 Å². The molecule has 3 atom stereocenters. The third kappa shape index (κ3) is 2.67. The van der Waals surface area contributed by atoms with E-state index in [2.05, 4.69) is 33.9 Å². The molecule has 0 amide bonds. The summed E-state index contributed by atoms with van der Waals surface area (Å²) in [6.07, 6.45) is 5.84. The molecule has 3 unspecified atom stereocenters. The molecule has 3 rings (SSSR count). The molecular formula is C16H21BrClN. The normalized spacial score (nSPS) is 28.9. The molecule has 1 nitrogen and oxygen atoms in total. The van der Waals surface area contributed by atoms with Crippen LogP contribution in [0, 0.1) is 17.8 Å². The Kier molecular flexibility index (Phi) is 4.09. The second kappa shape index (κ2) is 5.65. The Morgan fingerprint density at radius 3 is 2.79 bits per heavy atom. The Morgan fingerprint density at radius 1 is 1.32 bits per heavy atom. The number of para-hydroxylation sites is 1. The number of hydrogen-bond donors (Lipinski definition) is 0. The van der Waals surface area contributed by atoms with Gasteiger partial charge in [-0.2, -0.15) is 0 Å². The minimum Gasteiger partial charge on any atom is -0.373 e. The minimum absolute atomic E-state index is 0.865. The fourth-order valence-corrected chi connectivity index (χ4v) is 4.93. The molecular weight excluding hydrogens is 322 g/mol. The summed E-state index contributed by atoms with van der Waals surface area (Å²) in [4.78, 5) is 2.38. The molecule has 0 aromatic heterocycles. The molecule has 2 aliphatic rings. The van der Waals surface area contributed by atoms with Gasteiger partial charge in [0.1, 0.15) is 0 Å². The van der Waals surface area contributed by atoms with E-state index in [9.17, 15) is 0 Å². The zero-order chi connectivity index (χ0) is 13.4. The Labute approximate surface area is 129 Å². The Balaban J connectivity index is 1.75. The summed E-state index contributed by atoms with van der Waals surface area (Å²) in [7, 11) is 2.19. The van der Waals surface area contributed by atoms with E-state index in [1.807, 2.05) is 12.1 Å². The van der Waals surface area contributed by atoms with Crippen molar-refractivity contribution in [1.29, 1.82) is 0 Å². The first-order chi connectivity index (χ1) is 9.19. The predicted octanol–water partition coefficient (Wildman–Crippen LogP) is 5.11. The zero-order valence-electron chi connectivity index (χ0n) is 11.4. The maximum atomic E-state index is 6.41. The summed E-state index contributed by atoms with van der Waals surface area (Å²) < 4.78 is 0.